The molecule has 2 aromatic carbocycles. The van der Waals surface area contributed by atoms with E-state index < -0.39 is 0 Å². The number of para-hydroxylation sites is 1. The molecule has 5 nitrogen and oxygen atoms in total. The summed E-state index contributed by atoms with van der Waals surface area (Å²) < 4.78 is 5.13. The molecule has 27 heavy (non-hydrogen) atoms. The molecule has 0 aliphatic carbocycles. The van der Waals surface area contributed by atoms with Gasteiger partial charge in [-0.25, -0.2) is 0 Å². The van der Waals surface area contributed by atoms with Crippen LogP contribution in [-0.4, -0.2) is 36.9 Å². The van der Waals surface area contributed by atoms with Gasteiger partial charge < -0.3 is 15.0 Å². The number of anilines is 1. The van der Waals surface area contributed by atoms with Gasteiger partial charge in [-0.2, -0.15) is 0 Å². The first-order valence-corrected chi connectivity index (χ1v) is 9.38. The van der Waals surface area contributed by atoms with Crippen molar-refractivity contribution in [3.05, 3.63) is 59.7 Å². The molecule has 1 heterocycles. The lowest BCUT2D eigenvalue weighted by molar-refractivity contribution is -0.115. The molecule has 1 aliphatic heterocycles. The minimum absolute atomic E-state index is 0.0118. The van der Waals surface area contributed by atoms with E-state index >= 15 is 0 Å². The topological polar surface area (TPSA) is 58.6 Å². The van der Waals surface area contributed by atoms with Crippen molar-refractivity contribution in [1.29, 1.82) is 0 Å². The van der Waals surface area contributed by atoms with Crippen molar-refractivity contribution < 1.29 is 14.3 Å². The lowest BCUT2D eigenvalue weighted by Crippen LogP contribution is -2.38. The molecular weight excluding hydrogens is 340 g/mol. The summed E-state index contributed by atoms with van der Waals surface area (Å²) in [4.78, 5) is 27.2. The first-order chi connectivity index (χ1) is 13.1. The van der Waals surface area contributed by atoms with Gasteiger partial charge in [-0.3, -0.25) is 9.59 Å². The van der Waals surface area contributed by atoms with Gasteiger partial charge in [-0.1, -0.05) is 31.2 Å². The second-order valence-corrected chi connectivity index (χ2v) is 7.09. The third kappa shape index (κ3) is 4.88. The SMILES string of the molecule is COc1ccc(CC(=O)Nc2ccccc2C(=O)N2CCC(C)CC2)cc1. The highest BCUT2D eigenvalue weighted by atomic mass is 16.5. The zero-order valence-electron chi connectivity index (χ0n) is 15.9. The van der Waals surface area contributed by atoms with E-state index in [1.807, 2.05) is 41.3 Å². The van der Waals surface area contributed by atoms with Crippen LogP contribution in [-0.2, 0) is 11.2 Å². The molecule has 142 valence electrons. The number of methoxy groups -OCH3 is 1. The van der Waals surface area contributed by atoms with Crippen LogP contribution in [0.4, 0.5) is 5.69 Å². The number of amides is 2. The molecule has 3 rings (SSSR count). The van der Waals surface area contributed by atoms with Crippen LogP contribution in [0.25, 0.3) is 0 Å². The van der Waals surface area contributed by atoms with Gasteiger partial charge >= 0.3 is 0 Å². The number of carbonyl (C=O) groups is 2. The molecule has 1 saturated heterocycles. The van der Waals surface area contributed by atoms with Crippen LogP contribution >= 0.6 is 0 Å². The van der Waals surface area contributed by atoms with E-state index in [0.29, 0.717) is 17.2 Å². The van der Waals surface area contributed by atoms with E-state index in [-0.39, 0.29) is 18.2 Å². The smallest absolute Gasteiger partial charge is 0.255 e. The maximum atomic E-state index is 12.9. The molecule has 0 saturated carbocycles. The van der Waals surface area contributed by atoms with E-state index in [2.05, 4.69) is 12.2 Å². The molecule has 2 aromatic rings. The van der Waals surface area contributed by atoms with Gasteiger partial charge in [0.2, 0.25) is 5.91 Å². The average molecular weight is 366 g/mol. The van der Waals surface area contributed by atoms with Crippen LogP contribution in [0.2, 0.25) is 0 Å². The highest BCUT2D eigenvalue weighted by molar-refractivity contribution is 6.04. The zero-order chi connectivity index (χ0) is 19.2. The second kappa shape index (κ2) is 8.71. The maximum Gasteiger partial charge on any atom is 0.255 e. The fourth-order valence-corrected chi connectivity index (χ4v) is 3.28. The van der Waals surface area contributed by atoms with E-state index in [9.17, 15) is 9.59 Å². The van der Waals surface area contributed by atoms with Crippen molar-refractivity contribution in [2.45, 2.75) is 26.2 Å². The quantitative estimate of drug-likeness (QED) is 0.877. The summed E-state index contributed by atoms with van der Waals surface area (Å²) >= 11 is 0. The van der Waals surface area contributed by atoms with Crippen LogP contribution in [0.3, 0.4) is 0 Å². The molecule has 5 heteroatoms. The van der Waals surface area contributed by atoms with Gasteiger partial charge in [0.05, 0.1) is 24.8 Å². The molecule has 0 bridgehead atoms. The fraction of sp³-hybridized carbons (Fsp3) is 0.364. The lowest BCUT2D eigenvalue weighted by atomic mass is 9.98. The molecule has 2 amide bonds. The van der Waals surface area contributed by atoms with Gasteiger partial charge in [0.15, 0.2) is 0 Å². The van der Waals surface area contributed by atoms with Crippen LogP contribution < -0.4 is 10.1 Å². The Morgan fingerprint density at radius 1 is 1.07 bits per heavy atom. The summed E-state index contributed by atoms with van der Waals surface area (Å²) in [6.45, 7) is 3.76. The Labute approximate surface area is 160 Å². The number of hydrogen-bond donors (Lipinski definition) is 1. The summed E-state index contributed by atoms with van der Waals surface area (Å²) in [7, 11) is 1.61. The Morgan fingerprint density at radius 2 is 1.74 bits per heavy atom. The number of nitrogens with one attached hydrogen (secondary N) is 1. The van der Waals surface area contributed by atoms with Gasteiger partial charge in [0.25, 0.3) is 5.91 Å². The van der Waals surface area contributed by atoms with E-state index in [1.165, 1.54) is 0 Å². The number of hydrogen-bond acceptors (Lipinski definition) is 3. The second-order valence-electron chi connectivity index (χ2n) is 7.09. The largest absolute Gasteiger partial charge is 0.497 e. The Bertz CT molecular complexity index is 793. The van der Waals surface area contributed by atoms with Crippen molar-refractivity contribution in [2.24, 2.45) is 5.92 Å². The van der Waals surface area contributed by atoms with Gasteiger partial charge in [0, 0.05) is 13.1 Å². The van der Waals surface area contributed by atoms with Gasteiger partial charge in [-0.15, -0.1) is 0 Å². The predicted molar refractivity (Wildman–Crippen MR) is 106 cm³/mol. The number of piperidine rings is 1. The number of carbonyl (C=O) groups excluding carboxylic acids is 2. The predicted octanol–water partition coefficient (Wildman–Crippen LogP) is 3.75. The average Bonchev–Trinajstić information content (AvgIpc) is 2.69. The minimum Gasteiger partial charge on any atom is -0.497 e. The van der Waals surface area contributed by atoms with Crippen molar-refractivity contribution >= 4 is 17.5 Å². The summed E-state index contributed by atoms with van der Waals surface area (Å²) in [5, 5.41) is 2.90. The normalized spacial score (nSPS) is 14.7. The lowest BCUT2D eigenvalue weighted by Gasteiger charge is -2.30. The minimum atomic E-state index is -0.146. The summed E-state index contributed by atoms with van der Waals surface area (Å²) in [5.74, 6) is 1.26. The molecule has 0 aromatic heterocycles. The van der Waals surface area contributed by atoms with Crippen molar-refractivity contribution in [2.75, 3.05) is 25.5 Å². The highest BCUT2D eigenvalue weighted by Gasteiger charge is 2.23. The number of nitrogens with zero attached hydrogens (tertiary/aromatic N) is 1. The van der Waals surface area contributed by atoms with Crippen LogP contribution in [0.1, 0.15) is 35.7 Å². The molecule has 1 N–H and O–H groups in total. The third-order valence-corrected chi connectivity index (χ3v) is 5.03. The summed E-state index contributed by atoms with van der Waals surface area (Å²) in [6, 6.07) is 14.6. The Hall–Kier alpha value is -2.82. The monoisotopic (exact) mass is 366 g/mol. The molecular formula is C22H26N2O3. The number of rotatable bonds is 5. The van der Waals surface area contributed by atoms with Crippen LogP contribution in [0.15, 0.2) is 48.5 Å². The Morgan fingerprint density at radius 3 is 2.41 bits per heavy atom. The fourth-order valence-electron chi connectivity index (χ4n) is 3.28. The molecule has 0 radical (unpaired) electrons. The van der Waals surface area contributed by atoms with E-state index in [4.69, 9.17) is 4.74 Å². The Balaban J connectivity index is 1.67. The van der Waals surface area contributed by atoms with Crippen LogP contribution in [0.5, 0.6) is 5.75 Å². The van der Waals surface area contributed by atoms with Gasteiger partial charge in [0.1, 0.15) is 5.75 Å². The first-order valence-electron chi connectivity index (χ1n) is 9.38. The number of likely N-dealkylation sites (tertiary alicyclic amines) is 1. The Kier molecular flexibility index (Phi) is 6.12. The van der Waals surface area contributed by atoms with Gasteiger partial charge in [-0.05, 0) is 48.6 Å². The van der Waals surface area contributed by atoms with Crippen molar-refractivity contribution in [3.63, 3.8) is 0 Å². The van der Waals surface area contributed by atoms with Crippen molar-refractivity contribution in [1.82, 2.24) is 4.90 Å². The number of ether oxygens (including phenoxy) is 1. The molecule has 1 fully saturated rings. The van der Waals surface area contributed by atoms with E-state index in [0.717, 1.165) is 37.2 Å². The molecule has 1 aliphatic rings. The zero-order valence-corrected chi connectivity index (χ0v) is 15.9. The first kappa shape index (κ1) is 19.0. The standard InChI is InChI=1S/C22H26N2O3/c1-16-11-13-24(14-12-16)22(26)19-5-3-4-6-20(19)23-21(25)15-17-7-9-18(27-2)10-8-17/h3-10,16H,11-15H2,1-2H3,(H,23,25). The van der Waals surface area contributed by atoms with E-state index in [1.54, 1.807) is 19.2 Å². The van der Waals surface area contributed by atoms with Crippen LogP contribution in [0, 0.1) is 5.92 Å². The molecule has 0 atom stereocenters. The summed E-state index contributed by atoms with van der Waals surface area (Å²) in [6.07, 6.45) is 2.29. The number of benzene rings is 2. The maximum absolute atomic E-state index is 12.9. The summed E-state index contributed by atoms with van der Waals surface area (Å²) in [5.41, 5.74) is 2.01. The highest BCUT2D eigenvalue weighted by Crippen LogP contribution is 2.22. The molecule has 0 unspecified atom stereocenters. The van der Waals surface area contributed by atoms with Crippen molar-refractivity contribution in [3.8, 4) is 5.75 Å². The molecule has 0 spiro atoms. The third-order valence-electron chi connectivity index (χ3n) is 5.03.